The molecule has 0 spiro atoms. The van der Waals surface area contributed by atoms with E-state index in [1.807, 2.05) is 26.0 Å². The van der Waals surface area contributed by atoms with Crippen LogP contribution in [0.25, 0.3) is 33.4 Å². The largest absolute Gasteiger partial charge is 0.507 e. The molecule has 0 aromatic heterocycles. The van der Waals surface area contributed by atoms with E-state index in [9.17, 15) is 10.2 Å². The lowest BCUT2D eigenvalue weighted by molar-refractivity contribution is 0.444. The fourth-order valence-corrected chi connectivity index (χ4v) is 8.01. The lowest BCUT2D eigenvalue weighted by Gasteiger charge is -2.37. The zero-order chi connectivity index (χ0) is 31.6. The van der Waals surface area contributed by atoms with E-state index < -0.39 is 5.41 Å². The van der Waals surface area contributed by atoms with E-state index in [2.05, 4.69) is 125 Å². The van der Waals surface area contributed by atoms with Gasteiger partial charge in [-0.1, -0.05) is 109 Å². The summed E-state index contributed by atoms with van der Waals surface area (Å²) in [5.41, 5.74) is 15.5. The molecule has 1 aliphatic carbocycles. The van der Waals surface area contributed by atoms with Crippen LogP contribution < -0.4 is 0 Å². The predicted molar refractivity (Wildman–Crippen MR) is 186 cm³/mol. The Morgan fingerprint density at radius 1 is 0.378 bits per heavy atom. The first-order valence-corrected chi connectivity index (χ1v) is 15.7. The fraction of sp³-hybridized carbons (Fsp3) is 0.163. The second kappa shape index (κ2) is 10.5. The van der Waals surface area contributed by atoms with Gasteiger partial charge in [-0.2, -0.15) is 0 Å². The topological polar surface area (TPSA) is 40.5 Å². The van der Waals surface area contributed by atoms with Gasteiger partial charge in [0, 0.05) is 11.1 Å². The monoisotopic (exact) mass is 586 g/mol. The molecule has 6 aromatic rings. The Kier molecular flexibility index (Phi) is 6.71. The van der Waals surface area contributed by atoms with E-state index in [0.29, 0.717) is 0 Å². The predicted octanol–water partition coefficient (Wildman–Crippen LogP) is 10.6. The number of benzene rings is 6. The normalized spacial score (nSPS) is 13.0. The van der Waals surface area contributed by atoms with Crippen molar-refractivity contribution >= 4 is 0 Å². The summed E-state index contributed by atoms with van der Waals surface area (Å²) >= 11 is 0. The second-order valence-corrected chi connectivity index (χ2v) is 12.7. The first-order valence-electron chi connectivity index (χ1n) is 15.7. The zero-order valence-electron chi connectivity index (χ0n) is 26.8. The van der Waals surface area contributed by atoms with Crippen LogP contribution in [0, 0.1) is 41.5 Å². The SMILES string of the molecule is Cc1ccccc1-c1c(C)cc(C2(c3cc(C)c(-c4ccccc4C)c(C)c3O)c3ccccc3-c3ccccc32)c(O)c1C. The minimum atomic E-state index is -0.944. The van der Waals surface area contributed by atoms with Gasteiger partial charge < -0.3 is 10.2 Å². The van der Waals surface area contributed by atoms with Crippen LogP contribution in [0.15, 0.2) is 109 Å². The number of aryl methyl sites for hydroxylation is 4. The lowest BCUT2D eigenvalue weighted by atomic mass is 9.65. The number of hydrogen-bond donors (Lipinski definition) is 2. The van der Waals surface area contributed by atoms with Crippen molar-refractivity contribution in [2.45, 2.75) is 47.0 Å². The molecule has 2 nitrogen and oxygen atoms in total. The van der Waals surface area contributed by atoms with Crippen molar-refractivity contribution in [2.75, 3.05) is 0 Å². The van der Waals surface area contributed by atoms with Crippen LogP contribution in [0.1, 0.15) is 55.6 Å². The molecule has 0 radical (unpaired) electrons. The summed E-state index contributed by atoms with van der Waals surface area (Å²) in [5, 5.41) is 24.8. The Morgan fingerprint density at radius 3 is 1.09 bits per heavy atom. The quantitative estimate of drug-likeness (QED) is 0.215. The third-order valence-corrected chi connectivity index (χ3v) is 10.1. The van der Waals surface area contributed by atoms with Gasteiger partial charge in [0.25, 0.3) is 0 Å². The number of phenolic OH excluding ortho intramolecular Hbond substituents is 2. The highest BCUT2D eigenvalue weighted by Gasteiger charge is 2.49. The van der Waals surface area contributed by atoms with Crippen LogP contribution in [-0.4, -0.2) is 10.2 Å². The van der Waals surface area contributed by atoms with Crippen molar-refractivity contribution < 1.29 is 10.2 Å². The van der Waals surface area contributed by atoms with Crippen molar-refractivity contribution in [3.8, 4) is 44.9 Å². The average molecular weight is 587 g/mol. The number of phenols is 2. The van der Waals surface area contributed by atoms with Crippen molar-refractivity contribution in [1.82, 2.24) is 0 Å². The van der Waals surface area contributed by atoms with Crippen LogP contribution in [0.5, 0.6) is 11.5 Å². The third kappa shape index (κ3) is 4.02. The summed E-state index contributed by atoms with van der Waals surface area (Å²) in [6, 6.07) is 37.9. The Hall–Kier alpha value is -5.08. The molecule has 45 heavy (non-hydrogen) atoms. The van der Waals surface area contributed by atoms with E-state index in [1.54, 1.807) is 0 Å². The van der Waals surface area contributed by atoms with Crippen molar-refractivity contribution in [2.24, 2.45) is 0 Å². The molecule has 0 unspecified atom stereocenters. The van der Waals surface area contributed by atoms with Crippen LogP contribution in [0.2, 0.25) is 0 Å². The molecule has 0 bridgehead atoms. The minimum absolute atomic E-state index is 0.253. The van der Waals surface area contributed by atoms with Gasteiger partial charge in [-0.15, -0.1) is 0 Å². The molecule has 0 aliphatic heterocycles. The molecule has 0 saturated carbocycles. The van der Waals surface area contributed by atoms with Gasteiger partial charge in [-0.3, -0.25) is 0 Å². The maximum atomic E-state index is 12.4. The average Bonchev–Trinajstić information content (AvgIpc) is 3.33. The van der Waals surface area contributed by atoms with E-state index >= 15 is 0 Å². The maximum absolute atomic E-state index is 12.4. The minimum Gasteiger partial charge on any atom is -0.507 e. The Morgan fingerprint density at radius 2 is 0.711 bits per heavy atom. The Balaban J connectivity index is 1.63. The molecule has 6 aromatic carbocycles. The van der Waals surface area contributed by atoms with Crippen LogP contribution in [0.4, 0.5) is 0 Å². The standard InChI is InChI=1S/C43H38O2/c1-25-15-7-9-17-31(25)39-27(3)23-37(41(44)29(39)5)43(35-21-13-11-19-33(35)34-20-12-14-22-36(34)43)38-24-28(4)40(30(6)42(38)45)32-18-10-8-16-26(32)2/h7-24,44-45H,1-6H3. The lowest BCUT2D eigenvalue weighted by Crippen LogP contribution is -2.30. The first-order chi connectivity index (χ1) is 21.7. The van der Waals surface area contributed by atoms with E-state index in [1.165, 1.54) is 0 Å². The summed E-state index contributed by atoms with van der Waals surface area (Å²) in [5.74, 6) is 0.506. The van der Waals surface area contributed by atoms with Crippen molar-refractivity contribution in [3.63, 3.8) is 0 Å². The molecule has 2 N–H and O–H groups in total. The fourth-order valence-electron chi connectivity index (χ4n) is 8.01. The molecule has 2 heteroatoms. The Bertz CT molecular complexity index is 1990. The van der Waals surface area contributed by atoms with Gasteiger partial charge in [0.15, 0.2) is 0 Å². The van der Waals surface area contributed by atoms with Gasteiger partial charge in [0.1, 0.15) is 11.5 Å². The highest BCUT2D eigenvalue weighted by Crippen LogP contribution is 2.61. The number of fused-ring (bicyclic) bond motifs is 3. The molecule has 7 rings (SSSR count). The second-order valence-electron chi connectivity index (χ2n) is 12.7. The molecule has 0 heterocycles. The van der Waals surface area contributed by atoms with Crippen LogP contribution in [0.3, 0.4) is 0 Å². The molecule has 0 saturated heterocycles. The van der Waals surface area contributed by atoms with Gasteiger partial charge in [-0.05, 0) is 119 Å². The highest BCUT2D eigenvalue weighted by atomic mass is 16.3. The van der Waals surface area contributed by atoms with Gasteiger partial charge in [0.05, 0.1) is 5.41 Å². The van der Waals surface area contributed by atoms with Gasteiger partial charge in [-0.25, -0.2) is 0 Å². The zero-order valence-corrected chi connectivity index (χ0v) is 26.8. The van der Waals surface area contributed by atoms with E-state index in [4.69, 9.17) is 0 Å². The Labute approximate surface area is 266 Å². The molecule has 0 amide bonds. The summed E-state index contributed by atoms with van der Waals surface area (Å²) in [4.78, 5) is 0. The van der Waals surface area contributed by atoms with Crippen molar-refractivity contribution in [3.05, 3.63) is 165 Å². The summed E-state index contributed by atoms with van der Waals surface area (Å²) in [6.45, 7) is 12.5. The van der Waals surface area contributed by atoms with Gasteiger partial charge >= 0.3 is 0 Å². The molecule has 0 atom stereocenters. The smallest absolute Gasteiger partial charge is 0.123 e. The number of rotatable bonds is 4. The molecular formula is C43H38O2. The molecular weight excluding hydrogens is 548 g/mol. The third-order valence-electron chi connectivity index (χ3n) is 10.1. The first kappa shape index (κ1) is 28.7. The van der Waals surface area contributed by atoms with Crippen LogP contribution in [-0.2, 0) is 5.41 Å². The van der Waals surface area contributed by atoms with Crippen molar-refractivity contribution in [1.29, 1.82) is 0 Å². The summed E-state index contributed by atoms with van der Waals surface area (Å²) in [6.07, 6.45) is 0. The maximum Gasteiger partial charge on any atom is 0.123 e. The highest BCUT2D eigenvalue weighted by molar-refractivity contribution is 5.90. The van der Waals surface area contributed by atoms with E-state index in [-0.39, 0.29) is 11.5 Å². The van der Waals surface area contributed by atoms with Gasteiger partial charge in [0.2, 0.25) is 0 Å². The number of aromatic hydroxyl groups is 2. The molecule has 0 fully saturated rings. The summed E-state index contributed by atoms with van der Waals surface area (Å²) < 4.78 is 0. The summed E-state index contributed by atoms with van der Waals surface area (Å²) in [7, 11) is 0. The molecule has 1 aliphatic rings. The molecule has 222 valence electrons. The number of hydrogen-bond acceptors (Lipinski definition) is 2. The van der Waals surface area contributed by atoms with E-state index in [0.717, 1.165) is 89.0 Å². The van der Waals surface area contributed by atoms with Crippen LogP contribution >= 0.6 is 0 Å².